The number of aromatic nitrogens is 1. The fourth-order valence-corrected chi connectivity index (χ4v) is 2.52. The summed E-state index contributed by atoms with van der Waals surface area (Å²) in [6, 6.07) is 12.4. The molecular weight excluding hydrogens is 350 g/mol. The van der Waals surface area contributed by atoms with E-state index >= 15 is 0 Å². The van der Waals surface area contributed by atoms with E-state index in [4.69, 9.17) is 9.84 Å². The smallest absolute Gasteiger partial charge is 0.256 e. The molecule has 3 N–H and O–H groups in total. The molecule has 0 aliphatic carbocycles. The summed E-state index contributed by atoms with van der Waals surface area (Å²) in [7, 11) is 0. The minimum atomic E-state index is -0.230. The number of carbonyl (C=O) groups excluding carboxylic acids is 1. The van der Waals surface area contributed by atoms with Crippen LogP contribution in [0.4, 0.5) is 11.5 Å². The fraction of sp³-hybridized carbons (Fsp3) is 0.368. The van der Waals surface area contributed by atoms with Crippen LogP contribution in [0.25, 0.3) is 0 Å². The molecule has 140 valence electrons. The van der Waals surface area contributed by atoms with Crippen LogP contribution in [-0.4, -0.2) is 35.0 Å². The Morgan fingerprint density at radius 3 is 2.69 bits per heavy atom. The second kappa shape index (κ2) is 10.7. The predicted octanol–water partition coefficient (Wildman–Crippen LogP) is 3.81. The summed E-state index contributed by atoms with van der Waals surface area (Å²) in [6.45, 7) is 5.00. The summed E-state index contributed by atoms with van der Waals surface area (Å²) in [5.41, 5.74) is 1.41. The molecule has 7 heteroatoms. The summed E-state index contributed by atoms with van der Waals surface area (Å²) in [6.07, 6.45) is 0.954. The fourth-order valence-electron chi connectivity index (χ4n) is 2.02. The second-order valence-corrected chi connectivity index (χ2v) is 7.00. The van der Waals surface area contributed by atoms with E-state index < -0.39 is 0 Å². The number of pyridine rings is 1. The molecule has 0 atom stereocenters. The summed E-state index contributed by atoms with van der Waals surface area (Å²) in [5.74, 6) is 1.90. The van der Waals surface area contributed by atoms with Crippen molar-refractivity contribution in [2.45, 2.75) is 20.3 Å². The molecule has 2 rings (SSSR count). The molecule has 0 aliphatic rings. The van der Waals surface area contributed by atoms with Crippen molar-refractivity contribution in [3.05, 3.63) is 48.0 Å². The molecule has 0 fully saturated rings. The van der Waals surface area contributed by atoms with Crippen LogP contribution in [0.2, 0.25) is 0 Å². The maximum Gasteiger partial charge on any atom is 0.256 e. The van der Waals surface area contributed by atoms with E-state index in [1.165, 1.54) is 11.9 Å². The number of nitrogens with one attached hydrogen (secondary N) is 2. The van der Waals surface area contributed by atoms with Gasteiger partial charge in [0.15, 0.2) is 0 Å². The van der Waals surface area contributed by atoms with Gasteiger partial charge in [-0.3, -0.25) is 4.79 Å². The number of amides is 1. The van der Waals surface area contributed by atoms with E-state index in [-0.39, 0.29) is 12.5 Å². The van der Waals surface area contributed by atoms with Crippen molar-refractivity contribution in [3.8, 4) is 5.88 Å². The van der Waals surface area contributed by atoms with Crippen LogP contribution in [0, 0.1) is 5.92 Å². The molecule has 0 radical (unpaired) electrons. The van der Waals surface area contributed by atoms with Gasteiger partial charge in [0.2, 0.25) is 5.88 Å². The largest absolute Gasteiger partial charge is 0.478 e. The Labute approximate surface area is 158 Å². The summed E-state index contributed by atoms with van der Waals surface area (Å²) >= 11 is 1.41. The Bertz CT molecular complexity index is 693. The molecule has 1 aromatic carbocycles. The SMILES string of the molecule is CC(C)CCOc1cccc(NC(=O)c2ccc(NSCCO)cc2)n1. The lowest BCUT2D eigenvalue weighted by atomic mass is 10.1. The van der Waals surface area contributed by atoms with Crippen molar-refractivity contribution in [1.29, 1.82) is 0 Å². The van der Waals surface area contributed by atoms with Crippen LogP contribution in [0.15, 0.2) is 42.5 Å². The van der Waals surface area contributed by atoms with Crippen LogP contribution < -0.4 is 14.8 Å². The van der Waals surface area contributed by atoms with E-state index in [0.717, 1.165) is 12.1 Å². The van der Waals surface area contributed by atoms with Crippen LogP contribution >= 0.6 is 11.9 Å². The molecule has 1 heterocycles. The van der Waals surface area contributed by atoms with E-state index in [2.05, 4.69) is 28.9 Å². The van der Waals surface area contributed by atoms with E-state index in [9.17, 15) is 4.79 Å². The first kappa shape index (κ1) is 20.1. The molecular formula is C19H25N3O3S. The Balaban J connectivity index is 1.90. The molecule has 1 aromatic heterocycles. The Kier molecular flexibility index (Phi) is 8.24. The van der Waals surface area contributed by atoms with Gasteiger partial charge in [0.25, 0.3) is 5.91 Å². The lowest BCUT2D eigenvalue weighted by molar-refractivity contribution is 0.102. The number of anilines is 2. The Hall–Kier alpha value is -2.25. The quantitative estimate of drug-likeness (QED) is 0.433. The van der Waals surface area contributed by atoms with Crippen molar-refractivity contribution < 1.29 is 14.6 Å². The van der Waals surface area contributed by atoms with E-state index in [0.29, 0.717) is 35.5 Å². The molecule has 1 amide bonds. The summed E-state index contributed by atoms with van der Waals surface area (Å²) in [4.78, 5) is 16.7. The number of hydrogen-bond acceptors (Lipinski definition) is 6. The highest BCUT2D eigenvalue weighted by Crippen LogP contribution is 2.16. The number of nitrogens with zero attached hydrogens (tertiary/aromatic N) is 1. The minimum absolute atomic E-state index is 0.116. The molecule has 26 heavy (non-hydrogen) atoms. The third-order valence-electron chi connectivity index (χ3n) is 3.44. The molecule has 6 nitrogen and oxygen atoms in total. The van der Waals surface area contributed by atoms with Crippen molar-refractivity contribution >= 4 is 29.4 Å². The second-order valence-electron chi connectivity index (χ2n) is 6.10. The third-order valence-corrected chi connectivity index (χ3v) is 4.21. The maximum absolute atomic E-state index is 12.3. The van der Waals surface area contributed by atoms with Crippen LogP contribution in [0.3, 0.4) is 0 Å². The summed E-state index contributed by atoms with van der Waals surface area (Å²) < 4.78 is 8.71. The van der Waals surface area contributed by atoms with Crippen LogP contribution in [0.5, 0.6) is 5.88 Å². The first-order valence-corrected chi connectivity index (χ1v) is 9.57. The van der Waals surface area contributed by atoms with Gasteiger partial charge in [0.05, 0.1) is 13.2 Å². The van der Waals surface area contributed by atoms with Crippen LogP contribution in [-0.2, 0) is 0 Å². The van der Waals surface area contributed by atoms with Gasteiger partial charge < -0.3 is 19.9 Å². The standard InChI is InChI=1S/C19H25N3O3S/c1-14(2)10-12-25-18-5-3-4-17(20-18)21-19(24)15-6-8-16(9-7-15)22-26-13-11-23/h3-9,14,22-23H,10-13H2,1-2H3,(H,20,21,24). The first-order chi connectivity index (χ1) is 12.6. The Morgan fingerprint density at radius 2 is 2.00 bits per heavy atom. The summed E-state index contributed by atoms with van der Waals surface area (Å²) in [5, 5.41) is 11.5. The van der Waals surface area contributed by atoms with E-state index in [1.807, 2.05) is 12.1 Å². The number of ether oxygens (including phenoxy) is 1. The molecule has 0 unspecified atom stereocenters. The number of aliphatic hydroxyl groups is 1. The zero-order valence-corrected chi connectivity index (χ0v) is 15.9. The van der Waals surface area contributed by atoms with Gasteiger partial charge in [0.1, 0.15) is 5.82 Å². The van der Waals surface area contributed by atoms with Gasteiger partial charge in [-0.25, -0.2) is 0 Å². The van der Waals surface area contributed by atoms with Crippen molar-refractivity contribution in [2.75, 3.05) is 29.0 Å². The zero-order valence-electron chi connectivity index (χ0n) is 15.1. The number of benzene rings is 1. The predicted molar refractivity (Wildman–Crippen MR) is 107 cm³/mol. The van der Waals surface area contributed by atoms with E-state index in [1.54, 1.807) is 30.3 Å². The number of carbonyl (C=O) groups is 1. The highest BCUT2D eigenvalue weighted by atomic mass is 32.2. The molecule has 0 saturated heterocycles. The van der Waals surface area contributed by atoms with Crippen LogP contribution in [0.1, 0.15) is 30.6 Å². The lowest BCUT2D eigenvalue weighted by Gasteiger charge is -2.10. The van der Waals surface area contributed by atoms with Gasteiger partial charge in [0, 0.05) is 23.1 Å². The monoisotopic (exact) mass is 375 g/mol. The van der Waals surface area contributed by atoms with Crippen molar-refractivity contribution in [3.63, 3.8) is 0 Å². The van der Waals surface area contributed by atoms with Gasteiger partial charge >= 0.3 is 0 Å². The van der Waals surface area contributed by atoms with Gasteiger partial charge in [-0.1, -0.05) is 31.9 Å². The maximum atomic E-state index is 12.3. The average Bonchev–Trinajstić information content (AvgIpc) is 2.62. The lowest BCUT2D eigenvalue weighted by Crippen LogP contribution is -2.13. The highest BCUT2D eigenvalue weighted by molar-refractivity contribution is 8.00. The topological polar surface area (TPSA) is 83.5 Å². The highest BCUT2D eigenvalue weighted by Gasteiger charge is 2.08. The average molecular weight is 375 g/mol. The molecule has 0 bridgehead atoms. The van der Waals surface area contributed by atoms with Gasteiger partial charge in [-0.15, -0.1) is 0 Å². The number of aliphatic hydroxyl groups excluding tert-OH is 1. The normalized spacial score (nSPS) is 10.6. The molecule has 0 saturated carbocycles. The van der Waals surface area contributed by atoms with Crippen molar-refractivity contribution in [2.24, 2.45) is 5.92 Å². The van der Waals surface area contributed by atoms with Gasteiger partial charge in [-0.2, -0.15) is 4.98 Å². The molecule has 0 aliphatic heterocycles. The van der Waals surface area contributed by atoms with Crippen molar-refractivity contribution in [1.82, 2.24) is 4.98 Å². The van der Waals surface area contributed by atoms with Gasteiger partial charge in [-0.05, 0) is 42.7 Å². The Morgan fingerprint density at radius 1 is 1.23 bits per heavy atom. The molecule has 0 spiro atoms. The third kappa shape index (κ3) is 6.93. The minimum Gasteiger partial charge on any atom is -0.478 e. The number of rotatable bonds is 10. The first-order valence-electron chi connectivity index (χ1n) is 8.58. The molecule has 2 aromatic rings. The zero-order chi connectivity index (χ0) is 18.8. The number of hydrogen-bond donors (Lipinski definition) is 3.